The Labute approximate surface area is 98.3 Å². The van der Waals surface area contributed by atoms with Crippen molar-refractivity contribution in [2.75, 3.05) is 0 Å². The number of carboxylic acid groups (broad SMARTS) is 1. The third-order valence-corrected chi connectivity index (χ3v) is 2.16. The third kappa shape index (κ3) is 2.98. The van der Waals surface area contributed by atoms with Gasteiger partial charge < -0.3 is 5.11 Å². The van der Waals surface area contributed by atoms with Crippen LogP contribution in [0.5, 0.6) is 0 Å². The van der Waals surface area contributed by atoms with E-state index in [0.29, 0.717) is 5.69 Å². The maximum atomic E-state index is 10.6. The molecule has 0 amide bonds. The monoisotopic (exact) mass is 226 g/mol. The Hall–Kier alpha value is -2.49. The van der Waals surface area contributed by atoms with Gasteiger partial charge in [-0.15, -0.1) is 0 Å². The number of hydrogen-bond acceptors (Lipinski definition) is 3. The number of aromatic nitrogens is 1. The van der Waals surface area contributed by atoms with E-state index in [1.807, 2.05) is 12.1 Å². The quantitative estimate of drug-likeness (QED) is 0.818. The van der Waals surface area contributed by atoms with Gasteiger partial charge in [0.1, 0.15) is 0 Å². The fourth-order valence-corrected chi connectivity index (χ4v) is 1.29. The molecule has 2 rings (SSSR count). The van der Waals surface area contributed by atoms with Crippen molar-refractivity contribution in [1.82, 2.24) is 4.98 Å². The summed E-state index contributed by atoms with van der Waals surface area (Å²) in [7, 11) is 0. The maximum absolute atomic E-state index is 10.6. The van der Waals surface area contributed by atoms with Crippen LogP contribution in [0.4, 0.5) is 5.69 Å². The van der Waals surface area contributed by atoms with E-state index in [1.54, 1.807) is 30.7 Å². The lowest BCUT2D eigenvalue weighted by molar-refractivity contribution is 0.0697. The van der Waals surface area contributed by atoms with Gasteiger partial charge in [0.05, 0.1) is 11.3 Å². The minimum Gasteiger partial charge on any atom is -0.478 e. The number of aliphatic imine (C=N–C) groups is 1. The summed E-state index contributed by atoms with van der Waals surface area (Å²) in [5.74, 6) is -0.937. The molecule has 4 nitrogen and oxygen atoms in total. The molecule has 4 heteroatoms. The Morgan fingerprint density at radius 1 is 1.24 bits per heavy atom. The Morgan fingerprint density at radius 2 is 2.00 bits per heavy atom. The van der Waals surface area contributed by atoms with E-state index in [1.165, 1.54) is 12.1 Å². The van der Waals surface area contributed by atoms with Crippen LogP contribution >= 0.6 is 0 Å². The molecule has 0 unspecified atom stereocenters. The molecule has 17 heavy (non-hydrogen) atoms. The van der Waals surface area contributed by atoms with E-state index in [9.17, 15) is 4.79 Å². The molecule has 0 saturated heterocycles. The van der Waals surface area contributed by atoms with Crippen molar-refractivity contribution in [3.63, 3.8) is 0 Å². The Balaban J connectivity index is 2.14. The van der Waals surface area contributed by atoms with E-state index in [0.717, 1.165) is 5.56 Å². The number of benzene rings is 1. The van der Waals surface area contributed by atoms with Gasteiger partial charge in [-0.2, -0.15) is 0 Å². The molecule has 0 radical (unpaired) electrons. The lowest BCUT2D eigenvalue weighted by Gasteiger charge is -1.95. The fourth-order valence-electron chi connectivity index (χ4n) is 1.29. The first kappa shape index (κ1) is 11.0. The minimum absolute atomic E-state index is 0.255. The van der Waals surface area contributed by atoms with Crippen LogP contribution < -0.4 is 0 Å². The SMILES string of the molecule is O=C(O)c1ccc(/N=C/c2cccnc2)cc1. The topological polar surface area (TPSA) is 62.5 Å². The first-order valence-electron chi connectivity index (χ1n) is 5.03. The second kappa shape index (κ2) is 5.03. The number of rotatable bonds is 3. The highest BCUT2D eigenvalue weighted by molar-refractivity contribution is 5.88. The smallest absolute Gasteiger partial charge is 0.335 e. The first-order valence-corrected chi connectivity index (χ1v) is 5.03. The lowest BCUT2D eigenvalue weighted by atomic mass is 10.2. The van der Waals surface area contributed by atoms with Crippen LogP contribution in [0.1, 0.15) is 15.9 Å². The van der Waals surface area contributed by atoms with Gasteiger partial charge in [-0.25, -0.2) is 4.79 Å². The van der Waals surface area contributed by atoms with Gasteiger partial charge in [-0.3, -0.25) is 9.98 Å². The zero-order valence-corrected chi connectivity index (χ0v) is 8.95. The third-order valence-electron chi connectivity index (χ3n) is 2.16. The van der Waals surface area contributed by atoms with Crippen molar-refractivity contribution in [3.05, 3.63) is 59.9 Å². The highest BCUT2D eigenvalue weighted by Gasteiger charge is 2.00. The Morgan fingerprint density at radius 3 is 2.59 bits per heavy atom. The summed E-state index contributed by atoms with van der Waals surface area (Å²) >= 11 is 0. The molecule has 0 aliphatic rings. The molecule has 1 aromatic carbocycles. The number of carboxylic acids is 1. The fraction of sp³-hybridized carbons (Fsp3) is 0. The van der Waals surface area contributed by atoms with Gasteiger partial charge in [0, 0.05) is 24.2 Å². The van der Waals surface area contributed by atoms with E-state index in [2.05, 4.69) is 9.98 Å². The summed E-state index contributed by atoms with van der Waals surface area (Å²) in [6.07, 6.45) is 5.08. The molecule has 0 fully saturated rings. The molecule has 0 spiro atoms. The van der Waals surface area contributed by atoms with Crippen molar-refractivity contribution >= 4 is 17.9 Å². The second-order valence-electron chi connectivity index (χ2n) is 3.40. The summed E-state index contributed by atoms with van der Waals surface area (Å²) in [6, 6.07) is 10.1. The van der Waals surface area contributed by atoms with Crippen molar-refractivity contribution < 1.29 is 9.90 Å². The number of nitrogens with zero attached hydrogens (tertiary/aromatic N) is 2. The maximum Gasteiger partial charge on any atom is 0.335 e. The van der Waals surface area contributed by atoms with Gasteiger partial charge in [-0.1, -0.05) is 6.07 Å². The Bertz CT molecular complexity index is 533. The molecule has 0 aliphatic heterocycles. The molecule has 1 N–H and O–H groups in total. The largest absolute Gasteiger partial charge is 0.478 e. The van der Waals surface area contributed by atoms with Crippen LogP contribution in [0.2, 0.25) is 0 Å². The molecule has 0 atom stereocenters. The standard InChI is InChI=1S/C13H10N2O2/c16-13(17)11-3-5-12(6-4-11)15-9-10-2-1-7-14-8-10/h1-9H,(H,16,17)/b15-9+. The predicted octanol–water partition coefficient (Wildman–Crippen LogP) is 2.53. The minimum atomic E-state index is -0.937. The summed E-state index contributed by atoms with van der Waals surface area (Å²) in [5.41, 5.74) is 1.86. The van der Waals surface area contributed by atoms with E-state index >= 15 is 0 Å². The zero-order chi connectivity index (χ0) is 12.1. The zero-order valence-electron chi connectivity index (χ0n) is 8.95. The van der Waals surface area contributed by atoms with Gasteiger partial charge in [0.25, 0.3) is 0 Å². The highest BCUT2D eigenvalue weighted by Crippen LogP contribution is 2.12. The van der Waals surface area contributed by atoms with E-state index < -0.39 is 5.97 Å². The van der Waals surface area contributed by atoms with Gasteiger partial charge in [0.15, 0.2) is 0 Å². The van der Waals surface area contributed by atoms with Crippen molar-refractivity contribution in [1.29, 1.82) is 0 Å². The molecular formula is C13H10N2O2. The predicted molar refractivity (Wildman–Crippen MR) is 64.9 cm³/mol. The van der Waals surface area contributed by atoms with E-state index in [4.69, 9.17) is 5.11 Å². The summed E-state index contributed by atoms with van der Waals surface area (Å²) in [4.78, 5) is 18.8. The Kier molecular flexibility index (Phi) is 3.25. The van der Waals surface area contributed by atoms with E-state index in [-0.39, 0.29) is 5.56 Å². The van der Waals surface area contributed by atoms with Crippen LogP contribution in [0.25, 0.3) is 0 Å². The first-order chi connectivity index (χ1) is 8.25. The van der Waals surface area contributed by atoms with Crippen molar-refractivity contribution in [3.8, 4) is 0 Å². The molecule has 0 aliphatic carbocycles. The average molecular weight is 226 g/mol. The normalized spacial score (nSPS) is 10.6. The van der Waals surface area contributed by atoms with Crippen LogP contribution in [-0.2, 0) is 0 Å². The molecule has 2 aromatic rings. The van der Waals surface area contributed by atoms with Gasteiger partial charge in [-0.05, 0) is 30.3 Å². The molecular weight excluding hydrogens is 216 g/mol. The van der Waals surface area contributed by atoms with Crippen LogP contribution in [-0.4, -0.2) is 22.3 Å². The van der Waals surface area contributed by atoms with Gasteiger partial charge in [0.2, 0.25) is 0 Å². The van der Waals surface area contributed by atoms with Gasteiger partial charge >= 0.3 is 5.97 Å². The molecule has 0 bridgehead atoms. The van der Waals surface area contributed by atoms with Crippen molar-refractivity contribution in [2.24, 2.45) is 4.99 Å². The molecule has 0 saturated carbocycles. The number of aromatic carboxylic acids is 1. The number of hydrogen-bond donors (Lipinski definition) is 1. The second-order valence-corrected chi connectivity index (χ2v) is 3.40. The number of carbonyl (C=O) groups is 1. The molecule has 84 valence electrons. The lowest BCUT2D eigenvalue weighted by Crippen LogP contribution is -1.94. The summed E-state index contributed by atoms with van der Waals surface area (Å²) in [5, 5.41) is 8.74. The average Bonchev–Trinajstić information content (AvgIpc) is 2.38. The van der Waals surface area contributed by atoms with Crippen LogP contribution in [0.15, 0.2) is 53.8 Å². The molecule has 1 aromatic heterocycles. The molecule has 1 heterocycles. The summed E-state index contributed by atoms with van der Waals surface area (Å²) in [6.45, 7) is 0. The van der Waals surface area contributed by atoms with Crippen LogP contribution in [0.3, 0.4) is 0 Å². The van der Waals surface area contributed by atoms with Crippen molar-refractivity contribution in [2.45, 2.75) is 0 Å². The summed E-state index contributed by atoms with van der Waals surface area (Å²) < 4.78 is 0. The number of pyridine rings is 1. The van der Waals surface area contributed by atoms with Crippen LogP contribution in [0, 0.1) is 0 Å². The highest BCUT2D eigenvalue weighted by atomic mass is 16.4.